The smallest absolute Gasteiger partial charge is 0.303 e. The summed E-state index contributed by atoms with van der Waals surface area (Å²) in [6.45, 7) is 1.92. The number of H-pyrrole nitrogens is 1. The molecule has 1 aliphatic rings. The van der Waals surface area contributed by atoms with Gasteiger partial charge in [-0.05, 0) is 36.1 Å². The van der Waals surface area contributed by atoms with E-state index in [0.29, 0.717) is 24.1 Å². The van der Waals surface area contributed by atoms with E-state index in [2.05, 4.69) is 15.5 Å². The molecule has 0 unspecified atom stereocenters. The second kappa shape index (κ2) is 7.17. The molecule has 0 saturated heterocycles. The van der Waals surface area contributed by atoms with Crippen LogP contribution in [0, 0.1) is 6.92 Å². The molecule has 6 heteroatoms. The first-order chi connectivity index (χ1) is 12.0. The summed E-state index contributed by atoms with van der Waals surface area (Å²) in [4.78, 5) is 26.0. The Morgan fingerprint density at radius 3 is 2.76 bits per heavy atom. The van der Waals surface area contributed by atoms with Crippen molar-refractivity contribution in [2.75, 3.05) is 0 Å². The molecule has 0 radical (unpaired) electrons. The number of amides is 1. The number of hydrazone groups is 1. The topological polar surface area (TPSA) is 94.5 Å². The molecule has 3 rings (SSSR count). The van der Waals surface area contributed by atoms with Crippen LogP contribution in [0.2, 0.25) is 0 Å². The molecule has 2 heterocycles. The zero-order valence-corrected chi connectivity index (χ0v) is 13.9. The average molecular weight is 337 g/mol. The van der Waals surface area contributed by atoms with Crippen LogP contribution >= 0.6 is 0 Å². The predicted molar refractivity (Wildman–Crippen MR) is 95.2 cm³/mol. The molecule has 1 amide bonds. The first-order valence-corrected chi connectivity index (χ1v) is 8.06. The Labute approximate surface area is 145 Å². The van der Waals surface area contributed by atoms with Gasteiger partial charge in [0.1, 0.15) is 0 Å². The van der Waals surface area contributed by atoms with Crippen molar-refractivity contribution in [2.45, 2.75) is 26.2 Å². The maximum absolute atomic E-state index is 12.1. The van der Waals surface area contributed by atoms with Crippen LogP contribution in [0.15, 0.2) is 47.2 Å². The summed E-state index contributed by atoms with van der Waals surface area (Å²) in [5, 5.41) is 13.0. The number of carboxylic acids is 1. The maximum atomic E-state index is 12.1. The Morgan fingerprint density at radius 1 is 1.28 bits per heavy atom. The van der Waals surface area contributed by atoms with Gasteiger partial charge in [-0.2, -0.15) is 5.10 Å². The lowest BCUT2D eigenvalue weighted by Gasteiger charge is -2.03. The normalized spacial score (nSPS) is 15.3. The molecule has 2 aromatic rings. The highest BCUT2D eigenvalue weighted by molar-refractivity contribution is 6.27. The number of aromatic nitrogens is 1. The van der Waals surface area contributed by atoms with E-state index >= 15 is 0 Å². The maximum Gasteiger partial charge on any atom is 0.303 e. The van der Waals surface area contributed by atoms with Gasteiger partial charge in [-0.1, -0.05) is 30.3 Å². The average Bonchev–Trinajstić information content (AvgIpc) is 3.12. The van der Waals surface area contributed by atoms with Gasteiger partial charge in [0.2, 0.25) is 0 Å². The highest BCUT2D eigenvalue weighted by Crippen LogP contribution is 2.20. The van der Waals surface area contributed by atoms with Crippen LogP contribution in [0.4, 0.5) is 0 Å². The van der Waals surface area contributed by atoms with E-state index in [0.717, 1.165) is 22.4 Å². The Morgan fingerprint density at radius 2 is 2.04 bits per heavy atom. The lowest BCUT2D eigenvalue weighted by Crippen LogP contribution is -2.14. The van der Waals surface area contributed by atoms with E-state index in [-0.39, 0.29) is 12.3 Å². The number of benzene rings is 1. The van der Waals surface area contributed by atoms with Crippen molar-refractivity contribution in [1.29, 1.82) is 0 Å². The Hall–Kier alpha value is -3.15. The second-order valence-electron chi connectivity index (χ2n) is 5.97. The molecule has 0 saturated carbocycles. The van der Waals surface area contributed by atoms with Gasteiger partial charge in [-0.15, -0.1) is 0 Å². The second-order valence-corrected chi connectivity index (χ2v) is 5.97. The van der Waals surface area contributed by atoms with Gasteiger partial charge >= 0.3 is 5.97 Å². The van der Waals surface area contributed by atoms with Crippen molar-refractivity contribution < 1.29 is 14.7 Å². The number of carboxylic acid groups (broad SMARTS) is 1. The highest BCUT2D eigenvalue weighted by atomic mass is 16.4. The summed E-state index contributed by atoms with van der Waals surface area (Å²) in [6, 6.07) is 9.83. The molecule has 1 aromatic heterocycles. The number of rotatable bonds is 6. The minimum atomic E-state index is -0.826. The fourth-order valence-electron chi connectivity index (χ4n) is 2.79. The van der Waals surface area contributed by atoms with Gasteiger partial charge < -0.3 is 10.1 Å². The molecular weight excluding hydrogens is 318 g/mol. The van der Waals surface area contributed by atoms with Crippen molar-refractivity contribution in [3.05, 3.63) is 64.5 Å². The van der Waals surface area contributed by atoms with Crippen LogP contribution in [-0.4, -0.2) is 27.7 Å². The van der Waals surface area contributed by atoms with Crippen molar-refractivity contribution >= 4 is 23.7 Å². The Balaban J connectivity index is 1.82. The van der Waals surface area contributed by atoms with Gasteiger partial charge in [0.05, 0.1) is 11.3 Å². The number of aromatic amines is 1. The van der Waals surface area contributed by atoms with Crippen LogP contribution in [-0.2, 0) is 22.4 Å². The summed E-state index contributed by atoms with van der Waals surface area (Å²) in [5.41, 5.74) is 7.50. The summed E-state index contributed by atoms with van der Waals surface area (Å²) in [5.74, 6) is -1.06. The molecule has 0 fully saturated rings. The first kappa shape index (κ1) is 16.7. The monoisotopic (exact) mass is 337 g/mol. The number of hydrogen-bond acceptors (Lipinski definition) is 3. The molecule has 3 N–H and O–H groups in total. The van der Waals surface area contributed by atoms with Crippen molar-refractivity contribution in [3.8, 4) is 0 Å². The molecule has 25 heavy (non-hydrogen) atoms. The lowest BCUT2D eigenvalue weighted by molar-refractivity contribution is -0.137. The highest BCUT2D eigenvalue weighted by Gasteiger charge is 2.23. The predicted octanol–water partition coefficient (Wildman–Crippen LogP) is 2.45. The number of hydrogen-bond donors (Lipinski definition) is 3. The fourth-order valence-corrected chi connectivity index (χ4v) is 2.79. The van der Waals surface area contributed by atoms with E-state index in [1.165, 1.54) is 0 Å². The van der Waals surface area contributed by atoms with Gasteiger partial charge in [0.15, 0.2) is 0 Å². The number of nitrogens with zero attached hydrogens (tertiary/aromatic N) is 1. The van der Waals surface area contributed by atoms with E-state index in [1.54, 1.807) is 12.3 Å². The van der Waals surface area contributed by atoms with E-state index < -0.39 is 5.97 Å². The largest absolute Gasteiger partial charge is 0.481 e. The van der Waals surface area contributed by atoms with Crippen LogP contribution < -0.4 is 5.43 Å². The molecule has 1 aliphatic heterocycles. The number of nitrogens with one attached hydrogen (secondary N) is 2. The van der Waals surface area contributed by atoms with E-state index in [9.17, 15) is 9.59 Å². The molecule has 0 aliphatic carbocycles. The van der Waals surface area contributed by atoms with Crippen LogP contribution in [0.25, 0.3) is 6.08 Å². The first-order valence-electron chi connectivity index (χ1n) is 8.06. The SMILES string of the molecule is Cc1c(CCC(=O)O)c[nH]c1/C=C1/C(=O)NN=C1Cc1ccccc1. The molecule has 128 valence electrons. The van der Waals surface area contributed by atoms with Crippen molar-refractivity contribution in [3.63, 3.8) is 0 Å². The molecule has 0 spiro atoms. The van der Waals surface area contributed by atoms with Crippen LogP contribution in [0.5, 0.6) is 0 Å². The zero-order chi connectivity index (χ0) is 17.8. The third-order valence-corrected chi connectivity index (χ3v) is 4.25. The lowest BCUT2D eigenvalue weighted by atomic mass is 10.0. The Bertz CT molecular complexity index is 863. The van der Waals surface area contributed by atoms with Crippen LogP contribution in [0.1, 0.15) is 28.8 Å². The minimum absolute atomic E-state index is 0.0793. The standard InChI is InChI=1S/C19H19N3O3/c1-12-14(7-8-18(23)24)11-20-16(12)10-15-17(21-22-19(15)25)9-13-5-3-2-4-6-13/h2-6,10-11,20H,7-9H2,1H3,(H,22,25)(H,23,24)/b15-10+. The van der Waals surface area contributed by atoms with Gasteiger partial charge in [0.25, 0.3) is 5.91 Å². The molecule has 0 bridgehead atoms. The summed E-state index contributed by atoms with van der Waals surface area (Å²) in [7, 11) is 0. The van der Waals surface area contributed by atoms with Crippen LogP contribution in [0.3, 0.4) is 0 Å². The van der Waals surface area contributed by atoms with Gasteiger partial charge in [-0.25, -0.2) is 5.43 Å². The van der Waals surface area contributed by atoms with E-state index in [4.69, 9.17) is 5.11 Å². The third-order valence-electron chi connectivity index (χ3n) is 4.25. The van der Waals surface area contributed by atoms with Gasteiger partial charge in [-0.3, -0.25) is 9.59 Å². The molecular formula is C19H19N3O3. The quantitative estimate of drug-likeness (QED) is 0.707. The Kier molecular flexibility index (Phi) is 4.79. The van der Waals surface area contributed by atoms with E-state index in [1.807, 2.05) is 37.3 Å². The zero-order valence-electron chi connectivity index (χ0n) is 13.9. The number of aryl methyl sites for hydroxylation is 1. The van der Waals surface area contributed by atoms with Crippen molar-refractivity contribution in [2.24, 2.45) is 5.10 Å². The summed E-state index contributed by atoms with van der Waals surface area (Å²) in [6.07, 6.45) is 4.68. The number of aliphatic carboxylic acids is 1. The van der Waals surface area contributed by atoms with Gasteiger partial charge in [0, 0.05) is 24.7 Å². The number of carbonyl (C=O) groups excluding carboxylic acids is 1. The molecule has 1 aromatic carbocycles. The summed E-state index contributed by atoms with van der Waals surface area (Å²) >= 11 is 0. The summed E-state index contributed by atoms with van der Waals surface area (Å²) < 4.78 is 0. The third kappa shape index (κ3) is 3.85. The molecule has 0 atom stereocenters. The fraction of sp³-hybridized carbons (Fsp3) is 0.211. The molecule has 6 nitrogen and oxygen atoms in total. The number of carbonyl (C=O) groups is 2. The van der Waals surface area contributed by atoms with Crippen molar-refractivity contribution in [1.82, 2.24) is 10.4 Å². The minimum Gasteiger partial charge on any atom is -0.481 e.